The van der Waals surface area contributed by atoms with Crippen LogP contribution in [0.3, 0.4) is 0 Å². The van der Waals surface area contributed by atoms with Crippen LogP contribution in [0.15, 0.2) is 0 Å². The third-order valence-corrected chi connectivity index (χ3v) is 13.8. The first-order valence-corrected chi connectivity index (χ1v) is 14.3. The largest absolute Gasteiger partial charge is 0.393 e. The Morgan fingerprint density at radius 3 is 2.12 bits per heavy atom. The van der Waals surface area contributed by atoms with Crippen molar-refractivity contribution < 1.29 is 14.9 Å². The summed E-state index contributed by atoms with van der Waals surface area (Å²) in [6.07, 6.45) is 14.2. The van der Waals surface area contributed by atoms with Gasteiger partial charge in [0.05, 0.1) is 24.4 Å². The van der Waals surface area contributed by atoms with Crippen molar-refractivity contribution in [2.24, 2.45) is 50.7 Å². The Kier molecular flexibility index (Phi) is 4.80. The number of hydrogen-bond donors (Lipinski definition) is 2. The van der Waals surface area contributed by atoms with Gasteiger partial charge in [-0.2, -0.15) is 0 Å². The highest BCUT2D eigenvalue weighted by Crippen LogP contribution is 2.89. The molecule has 10 atom stereocenters. The van der Waals surface area contributed by atoms with Crippen molar-refractivity contribution in [3.63, 3.8) is 0 Å². The highest BCUT2D eigenvalue weighted by molar-refractivity contribution is 5.30. The minimum atomic E-state index is -0.726. The highest BCUT2D eigenvalue weighted by atomic mass is 16.5. The fourth-order valence-electron chi connectivity index (χ4n) is 11.8. The van der Waals surface area contributed by atoms with Crippen LogP contribution in [0.5, 0.6) is 0 Å². The second-order valence-electron chi connectivity index (χ2n) is 15.3. The van der Waals surface area contributed by atoms with Crippen molar-refractivity contribution in [1.29, 1.82) is 0 Å². The zero-order chi connectivity index (χ0) is 23.7. The van der Waals surface area contributed by atoms with Crippen LogP contribution in [0.25, 0.3) is 0 Å². The fraction of sp³-hybridized carbons (Fsp3) is 1.00. The first kappa shape index (κ1) is 23.3. The van der Waals surface area contributed by atoms with E-state index in [1.165, 1.54) is 57.8 Å². The quantitative estimate of drug-likeness (QED) is 0.507. The summed E-state index contributed by atoms with van der Waals surface area (Å²) in [4.78, 5) is 0. The third kappa shape index (κ3) is 2.74. The predicted octanol–water partition coefficient (Wildman–Crippen LogP) is 6.35. The lowest BCUT2D eigenvalue weighted by molar-refractivity contribution is -0.172. The van der Waals surface area contributed by atoms with Gasteiger partial charge in [-0.1, -0.05) is 27.7 Å². The van der Waals surface area contributed by atoms with Gasteiger partial charge in [0.1, 0.15) is 0 Å². The molecule has 1 heterocycles. The molecule has 0 radical (unpaired) electrons. The summed E-state index contributed by atoms with van der Waals surface area (Å²) < 4.78 is 6.29. The van der Waals surface area contributed by atoms with Crippen LogP contribution in [0.2, 0.25) is 0 Å². The molecule has 5 saturated carbocycles. The molecule has 6 aliphatic rings. The van der Waals surface area contributed by atoms with Crippen molar-refractivity contribution in [2.45, 2.75) is 130 Å². The van der Waals surface area contributed by atoms with Gasteiger partial charge in [0.15, 0.2) is 0 Å². The number of ether oxygens (including phenoxy) is 1. The summed E-state index contributed by atoms with van der Waals surface area (Å²) >= 11 is 0. The Labute approximate surface area is 202 Å². The van der Waals surface area contributed by atoms with E-state index in [4.69, 9.17) is 4.74 Å². The van der Waals surface area contributed by atoms with E-state index in [0.717, 1.165) is 37.2 Å². The molecule has 0 amide bonds. The number of fused-ring (bicyclic) bond motifs is 2. The number of aliphatic hydroxyl groups excluding tert-OH is 1. The van der Waals surface area contributed by atoms with Crippen LogP contribution < -0.4 is 0 Å². The van der Waals surface area contributed by atoms with Gasteiger partial charge >= 0.3 is 0 Å². The zero-order valence-corrected chi connectivity index (χ0v) is 22.3. The first-order chi connectivity index (χ1) is 15.3. The second-order valence-corrected chi connectivity index (χ2v) is 15.3. The Hall–Kier alpha value is -0.120. The molecule has 10 unspecified atom stereocenters. The summed E-state index contributed by atoms with van der Waals surface area (Å²) in [5.74, 6) is 3.04. The minimum absolute atomic E-state index is 0.00410. The summed E-state index contributed by atoms with van der Waals surface area (Å²) in [6, 6.07) is 0. The van der Waals surface area contributed by atoms with Gasteiger partial charge < -0.3 is 14.9 Å². The molecule has 0 aromatic heterocycles. The highest BCUT2D eigenvalue weighted by Gasteiger charge is 2.82. The smallest absolute Gasteiger partial charge is 0.0856 e. The molecule has 0 aromatic carbocycles. The van der Waals surface area contributed by atoms with E-state index >= 15 is 0 Å². The molecule has 5 aliphatic carbocycles. The summed E-state index contributed by atoms with van der Waals surface area (Å²) in [6.45, 7) is 14.8. The van der Waals surface area contributed by atoms with Crippen LogP contribution in [0.1, 0.15) is 112 Å². The minimum Gasteiger partial charge on any atom is -0.393 e. The van der Waals surface area contributed by atoms with Crippen LogP contribution in [0, 0.1) is 50.7 Å². The third-order valence-electron chi connectivity index (χ3n) is 13.8. The molecular formula is C30H50O3. The van der Waals surface area contributed by atoms with E-state index in [-0.39, 0.29) is 17.6 Å². The van der Waals surface area contributed by atoms with Gasteiger partial charge in [0.2, 0.25) is 0 Å². The molecular weight excluding hydrogens is 408 g/mol. The van der Waals surface area contributed by atoms with Gasteiger partial charge in [0, 0.05) is 0 Å². The average Bonchev–Trinajstić information content (AvgIpc) is 3.33. The van der Waals surface area contributed by atoms with E-state index < -0.39 is 5.60 Å². The van der Waals surface area contributed by atoms with Gasteiger partial charge in [-0.25, -0.2) is 0 Å². The normalized spacial score (nSPS) is 57.5. The van der Waals surface area contributed by atoms with Gasteiger partial charge in [-0.3, -0.25) is 0 Å². The molecule has 1 aliphatic heterocycles. The molecule has 0 bridgehead atoms. The lowest BCUT2D eigenvalue weighted by atomic mass is 9.41. The Balaban J connectivity index is 1.25. The van der Waals surface area contributed by atoms with Crippen LogP contribution in [-0.2, 0) is 4.74 Å². The fourth-order valence-corrected chi connectivity index (χ4v) is 11.8. The molecule has 2 N–H and O–H groups in total. The lowest BCUT2D eigenvalue weighted by Gasteiger charge is -2.63. The van der Waals surface area contributed by atoms with Crippen molar-refractivity contribution >= 4 is 0 Å². The molecule has 6 rings (SSSR count). The standard InChI is InChI=1S/C30H50O3/c1-25(2)21-8-9-22-28(6)13-11-20(19-7-10-24(33-17-19)26(3,4)32)27(28,5)15-16-30(22)18-29(21,30)14-12-23(25)31/h19-24,31-32H,7-18H2,1-6H3. The average molecular weight is 459 g/mol. The predicted molar refractivity (Wildman–Crippen MR) is 132 cm³/mol. The van der Waals surface area contributed by atoms with E-state index in [9.17, 15) is 10.2 Å². The van der Waals surface area contributed by atoms with Crippen LogP contribution in [0.4, 0.5) is 0 Å². The van der Waals surface area contributed by atoms with Crippen molar-refractivity contribution in [1.82, 2.24) is 0 Å². The molecule has 3 nitrogen and oxygen atoms in total. The molecule has 2 spiro atoms. The van der Waals surface area contributed by atoms with E-state index in [1.807, 2.05) is 13.8 Å². The second kappa shape index (κ2) is 6.80. The SMILES string of the molecule is CC(C)(O)C1CCC(C2CCC3(C)C4CCC5C(C)(C)C(O)CCC56CC46CCC23C)CO1. The van der Waals surface area contributed by atoms with E-state index in [0.29, 0.717) is 27.6 Å². The zero-order valence-electron chi connectivity index (χ0n) is 22.3. The van der Waals surface area contributed by atoms with Gasteiger partial charge in [0.25, 0.3) is 0 Å². The van der Waals surface area contributed by atoms with E-state index in [2.05, 4.69) is 27.7 Å². The van der Waals surface area contributed by atoms with Crippen molar-refractivity contribution in [2.75, 3.05) is 6.61 Å². The lowest BCUT2D eigenvalue weighted by Crippen LogP contribution is -2.58. The Bertz CT molecular complexity index is 806. The van der Waals surface area contributed by atoms with Crippen LogP contribution in [-0.4, -0.2) is 34.6 Å². The molecule has 188 valence electrons. The van der Waals surface area contributed by atoms with Crippen molar-refractivity contribution in [3.8, 4) is 0 Å². The molecule has 33 heavy (non-hydrogen) atoms. The summed E-state index contributed by atoms with van der Waals surface area (Å²) in [5.41, 5.74) is 1.36. The molecule has 6 fully saturated rings. The van der Waals surface area contributed by atoms with Crippen LogP contribution >= 0.6 is 0 Å². The number of hydrogen-bond acceptors (Lipinski definition) is 3. The summed E-state index contributed by atoms with van der Waals surface area (Å²) in [5, 5.41) is 21.3. The number of aliphatic hydroxyl groups is 2. The summed E-state index contributed by atoms with van der Waals surface area (Å²) in [7, 11) is 0. The monoisotopic (exact) mass is 458 g/mol. The Morgan fingerprint density at radius 1 is 0.758 bits per heavy atom. The first-order valence-electron chi connectivity index (χ1n) is 14.3. The maximum absolute atomic E-state index is 10.9. The molecule has 3 heteroatoms. The van der Waals surface area contributed by atoms with Crippen molar-refractivity contribution in [3.05, 3.63) is 0 Å². The molecule has 0 aromatic rings. The maximum atomic E-state index is 10.9. The maximum Gasteiger partial charge on any atom is 0.0856 e. The topological polar surface area (TPSA) is 49.7 Å². The number of rotatable bonds is 2. The van der Waals surface area contributed by atoms with Gasteiger partial charge in [-0.05, 0) is 135 Å². The Morgan fingerprint density at radius 2 is 1.45 bits per heavy atom. The van der Waals surface area contributed by atoms with E-state index in [1.54, 1.807) is 0 Å². The molecule has 1 saturated heterocycles. The van der Waals surface area contributed by atoms with Gasteiger partial charge in [-0.15, -0.1) is 0 Å².